The first-order valence-electron chi connectivity index (χ1n) is 25.1. The van der Waals surface area contributed by atoms with Gasteiger partial charge < -0.3 is 14.2 Å². The molecular weight excluding hydrogens is 805 g/mol. The number of carbonyl (C=O) groups is 3. The normalized spacial score (nSPS) is 13.5. The van der Waals surface area contributed by atoms with E-state index in [1.807, 2.05) is 48.6 Å². The topological polar surface area (TPSA) is 78.9 Å². The van der Waals surface area contributed by atoms with Gasteiger partial charge in [0.05, 0.1) is 0 Å². The lowest BCUT2D eigenvalue weighted by Gasteiger charge is -2.18. The summed E-state index contributed by atoms with van der Waals surface area (Å²) < 4.78 is 16.7. The van der Waals surface area contributed by atoms with E-state index < -0.39 is 6.10 Å². The van der Waals surface area contributed by atoms with Gasteiger partial charge in [0.2, 0.25) is 0 Å². The van der Waals surface area contributed by atoms with Gasteiger partial charge in [-0.1, -0.05) is 217 Å². The van der Waals surface area contributed by atoms with Crippen molar-refractivity contribution in [3.8, 4) is 0 Å². The van der Waals surface area contributed by atoms with Crippen molar-refractivity contribution in [3.05, 3.63) is 158 Å². The van der Waals surface area contributed by atoms with E-state index in [9.17, 15) is 14.4 Å². The lowest BCUT2D eigenvalue weighted by Crippen LogP contribution is -2.30. The van der Waals surface area contributed by atoms with E-state index in [-0.39, 0.29) is 44.0 Å². The predicted molar refractivity (Wildman–Crippen MR) is 278 cm³/mol. The van der Waals surface area contributed by atoms with Crippen molar-refractivity contribution >= 4 is 17.9 Å². The van der Waals surface area contributed by atoms with E-state index in [0.717, 1.165) is 128 Å². The zero-order chi connectivity index (χ0) is 47.2. The van der Waals surface area contributed by atoms with E-state index in [2.05, 4.69) is 130 Å². The van der Waals surface area contributed by atoms with Gasteiger partial charge in [0, 0.05) is 19.3 Å². The molecule has 0 aromatic rings. The molecule has 0 amide bonds. The molecule has 0 aliphatic rings. The summed E-state index contributed by atoms with van der Waals surface area (Å²) in [5, 5.41) is 0. The third-order valence-electron chi connectivity index (χ3n) is 9.70. The van der Waals surface area contributed by atoms with Crippen LogP contribution in [-0.4, -0.2) is 37.2 Å². The Balaban J connectivity index is 4.61. The maximum Gasteiger partial charge on any atom is 0.306 e. The van der Waals surface area contributed by atoms with Gasteiger partial charge >= 0.3 is 17.9 Å². The lowest BCUT2D eigenvalue weighted by atomic mass is 10.1. The van der Waals surface area contributed by atoms with Crippen molar-refractivity contribution in [1.29, 1.82) is 0 Å². The smallest absolute Gasteiger partial charge is 0.306 e. The number of hydrogen-bond donors (Lipinski definition) is 0. The lowest BCUT2D eigenvalue weighted by molar-refractivity contribution is -0.167. The minimum atomic E-state index is -0.831. The standard InChI is InChI=1S/C59H88O6/c1-4-7-10-13-16-19-22-25-28-29-32-34-37-40-43-46-49-52-58(61)64-55-56(65-59(62)53-50-47-44-41-38-35-31-27-24-21-18-15-12-9-6-3)54-63-57(60)51-48-45-42-39-36-33-30-26-23-20-17-14-11-8-5-2/h7-12,14-21,23-28,30-32,34,40,43,56H,4-6,13,22,29,33,35-39,41-42,44-55H2,1-3H3/b10-7-,11-8-,12-9-,17-14-,18-15-,19-16-,23-20-,24-21-,28-25-,30-26-,31-27-,34-32-,43-40-. The predicted octanol–water partition coefficient (Wildman–Crippen LogP) is 16.6. The summed E-state index contributed by atoms with van der Waals surface area (Å²) in [5.74, 6) is -1.05. The van der Waals surface area contributed by atoms with Crippen molar-refractivity contribution in [1.82, 2.24) is 0 Å². The highest BCUT2D eigenvalue weighted by atomic mass is 16.6. The molecule has 0 radical (unpaired) electrons. The van der Waals surface area contributed by atoms with E-state index >= 15 is 0 Å². The van der Waals surface area contributed by atoms with Crippen LogP contribution in [0.5, 0.6) is 0 Å². The Hall–Kier alpha value is -4.97. The Morgan fingerprint density at radius 2 is 0.646 bits per heavy atom. The molecule has 0 heterocycles. The summed E-state index contributed by atoms with van der Waals surface area (Å²) in [6, 6.07) is 0. The van der Waals surface area contributed by atoms with Crippen LogP contribution in [0.2, 0.25) is 0 Å². The average molecular weight is 893 g/mol. The molecule has 0 rings (SSSR count). The van der Waals surface area contributed by atoms with E-state index in [0.29, 0.717) is 12.8 Å². The van der Waals surface area contributed by atoms with Crippen LogP contribution < -0.4 is 0 Å². The number of allylic oxidation sites excluding steroid dienone is 26. The molecule has 0 N–H and O–H groups in total. The number of esters is 3. The van der Waals surface area contributed by atoms with E-state index in [1.54, 1.807) is 0 Å². The first kappa shape index (κ1) is 60.0. The quantitative estimate of drug-likeness (QED) is 0.0200. The first-order chi connectivity index (χ1) is 32.0. The van der Waals surface area contributed by atoms with Crippen LogP contribution in [-0.2, 0) is 28.6 Å². The van der Waals surface area contributed by atoms with Crippen molar-refractivity contribution in [2.24, 2.45) is 0 Å². The number of carbonyl (C=O) groups excluding carboxylic acids is 3. The van der Waals surface area contributed by atoms with Gasteiger partial charge in [0.25, 0.3) is 0 Å². The summed E-state index contributed by atoms with van der Waals surface area (Å²) in [7, 11) is 0. The molecule has 65 heavy (non-hydrogen) atoms. The number of rotatable bonds is 42. The third kappa shape index (κ3) is 49.9. The van der Waals surface area contributed by atoms with Gasteiger partial charge in [0.15, 0.2) is 6.10 Å². The van der Waals surface area contributed by atoms with Crippen LogP contribution in [0.4, 0.5) is 0 Å². The molecular formula is C59H88O6. The molecule has 0 aromatic heterocycles. The van der Waals surface area contributed by atoms with Crippen molar-refractivity contribution in [2.75, 3.05) is 13.2 Å². The van der Waals surface area contributed by atoms with Crippen LogP contribution in [0, 0.1) is 0 Å². The zero-order valence-electron chi connectivity index (χ0n) is 40.9. The molecule has 360 valence electrons. The molecule has 6 heteroatoms. The number of ether oxygens (including phenoxy) is 3. The van der Waals surface area contributed by atoms with Crippen LogP contribution in [0.25, 0.3) is 0 Å². The van der Waals surface area contributed by atoms with Gasteiger partial charge in [0.1, 0.15) is 13.2 Å². The van der Waals surface area contributed by atoms with Crippen molar-refractivity contribution in [3.63, 3.8) is 0 Å². The molecule has 0 spiro atoms. The van der Waals surface area contributed by atoms with E-state index in [4.69, 9.17) is 14.2 Å². The molecule has 1 unspecified atom stereocenters. The summed E-state index contributed by atoms with van der Waals surface area (Å²) in [6.45, 7) is 6.12. The average Bonchev–Trinajstić information content (AvgIpc) is 3.30. The summed E-state index contributed by atoms with van der Waals surface area (Å²) in [6.07, 6.45) is 75.1. The molecule has 0 aliphatic heterocycles. The van der Waals surface area contributed by atoms with Crippen LogP contribution >= 0.6 is 0 Å². The van der Waals surface area contributed by atoms with Gasteiger partial charge in [-0.15, -0.1) is 0 Å². The molecule has 1 atom stereocenters. The fraction of sp³-hybridized carbons (Fsp3) is 0.508. The van der Waals surface area contributed by atoms with Crippen molar-refractivity contribution in [2.45, 2.75) is 181 Å². The number of hydrogen-bond acceptors (Lipinski definition) is 6. The van der Waals surface area contributed by atoms with Gasteiger partial charge in [-0.25, -0.2) is 0 Å². The molecule has 0 aromatic carbocycles. The Kier molecular flexibility index (Phi) is 47.7. The summed E-state index contributed by atoms with van der Waals surface area (Å²) in [4.78, 5) is 38.0. The Morgan fingerprint density at radius 3 is 1.09 bits per heavy atom. The van der Waals surface area contributed by atoms with Gasteiger partial charge in [-0.05, 0) is 96.3 Å². The largest absolute Gasteiger partial charge is 0.462 e. The molecule has 0 saturated carbocycles. The fourth-order valence-electron chi connectivity index (χ4n) is 6.03. The summed E-state index contributed by atoms with van der Waals surface area (Å²) in [5.41, 5.74) is 0. The molecule has 0 saturated heterocycles. The van der Waals surface area contributed by atoms with Gasteiger partial charge in [-0.3, -0.25) is 14.4 Å². The van der Waals surface area contributed by atoms with Crippen LogP contribution in [0.1, 0.15) is 175 Å². The first-order valence-corrected chi connectivity index (χ1v) is 25.1. The SMILES string of the molecule is CC\C=C/C=C\C=C/C=C\CCCCCCCC(=O)OCC(COC(=O)CCC/C=C\C/C=C\C/C=C\C/C=C\C/C=C\CC)OC(=O)CCCCCCC\C=C/C=C\C=C/C=C\CC. The second kappa shape index (κ2) is 51.7. The molecule has 0 aliphatic carbocycles. The third-order valence-corrected chi connectivity index (χ3v) is 9.70. The maximum atomic E-state index is 12.8. The zero-order valence-corrected chi connectivity index (χ0v) is 40.9. The minimum absolute atomic E-state index is 0.126. The second-order valence-corrected chi connectivity index (χ2v) is 15.8. The second-order valence-electron chi connectivity index (χ2n) is 15.8. The highest BCUT2D eigenvalue weighted by molar-refractivity contribution is 5.71. The monoisotopic (exact) mass is 893 g/mol. The Labute approximate surface area is 397 Å². The maximum absolute atomic E-state index is 12.8. The van der Waals surface area contributed by atoms with Gasteiger partial charge in [-0.2, -0.15) is 0 Å². The van der Waals surface area contributed by atoms with E-state index in [1.165, 1.54) is 0 Å². The molecule has 6 nitrogen and oxygen atoms in total. The number of unbranched alkanes of at least 4 members (excludes halogenated alkanes) is 11. The fourth-order valence-corrected chi connectivity index (χ4v) is 6.03. The van der Waals surface area contributed by atoms with Crippen LogP contribution in [0.3, 0.4) is 0 Å². The summed E-state index contributed by atoms with van der Waals surface area (Å²) >= 11 is 0. The molecule has 0 bridgehead atoms. The minimum Gasteiger partial charge on any atom is -0.462 e. The Morgan fingerprint density at radius 1 is 0.323 bits per heavy atom. The highest BCUT2D eigenvalue weighted by Crippen LogP contribution is 2.12. The highest BCUT2D eigenvalue weighted by Gasteiger charge is 2.19. The van der Waals surface area contributed by atoms with Crippen LogP contribution in [0.15, 0.2) is 158 Å². The Bertz CT molecular complexity index is 1540. The molecule has 0 fully saturated rings. The van der Waals surface area contributed by atoms with Crippen molar-refractivity contribution < 1.29 is 28.6 Å².